The average molecular weight is 175 g/mol. The Hall–Kier alpha value is -1.28. The minimum Gasteiger partial charge on any atom is -0.493 e. The van der Waals surface area contributed by atoms with Crippen LogP contribution in [0.4, 0.5) is 0 Å². The molecule has 68 valence electrons. The quantitative estimate of drug-likeness (QED) is 0.709. The van der Waals surface area contributed by atoms with Gasteiger partial charge in [-0.3, -0.25) is 0 Å². The van der Waals surface area contributed by atoms with Crippen LogP contribution in [0.3, 0.4) is 0 Å². The summed E-state index contributed by atoms with van der Waals surface area (Å²) >= 11 is 0. The van der Waals surface area contributed by atoms with Crippen LogP contribution in [0, 0.1) is 0 Å². The second kappa shape index (κ2) is 3.23. The molecule has 0 amide bonds. The molecule has 0 radical (unpaired) electrons. The summed E-state index contributed by atoms with van der Waals surface area (Å²) in [4.78, 5) is 0. The molecule has 0 spiro atoms. The topological polar surface area (TPSA) is 35.2 Å². The third kappa shape index (κ3) is 1.45. The summed E-state index contributed by atoms with van der Waals surface area (Å²) in [5, 5.41) is 0. The highest BCUT2D eigenvalue weighted by molar-refractivity contribution is 5.52. The summed E-state index contributed by atoms with van der Waals surface area (Å²) in [6, 6.07) is 6.12. The molecule has 1 aromatic rings. The van der Waals surface area contributed by atoms with Crippen LogP contribution < -0.4 is 10.5 Å². The first-order chi connectivity index (χ1) is 6.31. The van der Waals surface area contributed by atoms with Crippen LogP contribution in [-0.2, 0) is 0 Å². The number of ether oxygens (including phenoxy) is 1. The molecule has 0 aliphatic carbocycles. The van der Waals surface area contributed by atoms with Crippen LogP contribution in [0.1, 0.15) is 23.6 Å². The summed E-state index contributed by atoms with van der Waals surface area (Å²) in [7, 11) is 0. The van der Waals surface area contributed by atoms with Crippen LogP contribution in [0.2, 0.25) is 0 Å². The lowest BCUT2D eigenvalue weighted by atomic mass is 9.99. The first kappa shape index (κ1) is 8.32. The van der Waals surface area contributed by atoms with Crippen LogP contribution in [-0.4, -0.2) is 6.61 Å². The Morgan fingerprint density at radius 2 is 2.38 bits per heavy atom. The molecule has 1 atom stereocenters. The molecule has 2 nitrogen and oxygen atoms in total. The van der Waals surface area contributed by atoms with Gasteiger partial charge in [-0.2, -0.15) is 0 Å². The number of hydrogen-bond acceptors (Lipinski definition) is 2. The van der Waals surface area contributed by atoms with E-state index in [0.717, 1.165) is 29.9 Å². The number of fused-ring (bicyclic) bond motifs is 1. The molecule has 0 fully saturated rings. The molecule has 2 N–H and O–H groups in total. The molecule has 0 bridgehead atoms. The molecule has 0 aromatic heterocycles. The van der Waals surface area contributed by atoms with E-state index in [1.807, 2.05) is 24.3 Å². The molecule has 1 aliphatic heterocycles. The van der Waals surface area contributed by atoms with Gasteiger partial charge in [-0.25, -0.2) is 0 Å². The normalized spacial score (nSPS) is 20.2. The Morgan fingerprint density at radius 3 is 3.15 bits per heavy atom. The van der Waals surface area contributed by atoms with Gasteiger partial charge in [0.05, 0.1) is 6.61 Å². The lowest BCUT2D eigenvalue weighted by Gasteiger charge is -2.23. The smallest absolute Gasteiger partial charge is 0.124 e. The van der Waals surface area contributed by atoms with Crippen molar-refractivity contribution in [2.45, 2.75) is 12.5 Å². The van der Waals surface area contributed by atoms with Gasteiger partial charge in [0.2, 0.25) is 0 Å². The highest BCUT2D eigenvalue weighted by Gasteiger charge is 2.17. The van der Waals surface area contributed by atoms with Gasteiger partial charge in [0, 0.05) is 18.0 Å². The van der Waals surface area contributed by atoms with E-state index in [2.05, 4.69) is 6.58 Å². The van der Waals surface area contributed by atoms with E-state index in [1.54, 1.807) is 0 Å². The number of hydrogen-bond donors (Lipinski definition) is 1. The molecule has 0 unspecified atom stereocenters. The van der Waals surface area contributed by atoms with Crippen molar-refractivity contribution in [1.29, 1.82) is 0 Å². The molecular weight excluding hydrogens is 162 g/mol. The molecule has 1 aliphatic rings. The summed E-state index contributed by atoms with van der Waals surface area (Å²) in [6.45, 7) is 4.45. The van der Waals surface area contributed by atoms with Gasteiger partial charge < -0.3 is 10.5 Å². The van der Waals surface area contributed by atoms with Gasteiger partial charge in [-0.15, -0.1) is 0 Å². The largest absolute Gasteiger partial charge is 0.493 e. The highest BCUT2D eigenvalue weighted by atomic mass is 16.5. The van der Waals surface area contributed by atoms with Crippen molar-refractivity contribution in [3.8, 4) is 5.75 Å². The van der Waals surface area contributed by atoms with Crippen LogP contribution in [0.15, 0.2) is 24.8 Å². The van der Waals surface area contributed by atoms with Crippen molar-refractivity contribution in [2.75, 3.05) is 6.61 Å². The van der Waals surface area contributed by atoms with Crippen molar-refractivity contribution in [2.24, 2.45) is 5.73 Å². The predicted molar refractivity (Wildman–Crippen MR) is 53.6 cm³/mol. The SMILES string of the molecule is C=Cc1ccc2c(c1)[C@H](N)CCO2. The molecule has 0 saturated carbocycles. The third-order valence-corrected chi connectivity index (χ3v) is 2.36. The van der Waals surface area contributed by atoms with Gasteiger partial charge in [0.15, 0.2) is 0 Å². The zero-order valence-electron chi connectivity index (χ0n) is 7.49. The molecule has 2 heteroatoms. The Labute approximate surface area is 78.0 Å². The fourth-order valence-corrected chi connectivity index (χ4v) is 1.57. The maximum Gasteiger partial charge on any atom is 0.124 e. The maximum atomic E-state index is 5.96. The van der Waals surface area contributed by atoms with E-state index in [0.29, 0.717) is 0 Å². The van der Waals surface area contributed by atoms with Crippen molar-refractivity contribution in [3.05, 3.63) is 35.9 Å². The zero-order chi connectivity index (χ0) is 9.26. The van der Waals surface area contributed by atoms with Gasteiger partial charge in [-0.1, -0.05) is 18.7 Å². The van der Waals surface area contributed by atoms with E-state index in [9.17, 15) is 0 Å². The maximum absolute atomic E-state index is 5.96. The van der Waals surface area contributed by atoms with E-state index < -0.39 is 0 Å². The molecule has 1 aromatic carbocycles. The second-order valence-electron chi connectivity index (χ2n) is 3.25. The monoisotopic (exact) mass is 175 g/mol. The van der Waals surface area contributed by atoms with E-state index in [4.69, 9.17) is 10.5 Å². The Morgan fingerprint density at radius 1 is 1.54 bits per heavy atom. The van der Waals surface area contributed by atoms with Crippen molar-refractivity contribution in [3.63, 3.8) is 0 Å². The molecular formula is C11H13NO. The minimum atomic E-state index is 0.114. The second-order valence-corrected chi connectivity index (χ2v) is 3.25. The van der Waals surface area contributed by atoms with Crippen LogP contribution in [0.5, 0.6) is 5.75 Å². The first-order valence-electron chi connectivity index (χ1n) is 4.46. The molecule has 0 saturated heterocycles. The molecule has 2 rings (SSSR count). The average Bonchev–Trinajstić information content (AvgIpc) is 2.18. The number of nitrogens with two attached hydrogens (primary N) is 1. The molecule has 1 heterocycles. The van der Waals surface area contributed by atoms with E-state index >= 15 is 0 Å². The first-order valence-corrected chi connectivity index (χ1v) is 4.46. The van der Waals surface area contributed by atoms with E-state index in [-0.39, 0.29) is 6.04 Å². The fraction of sp³-hybridized carbons (Fsp3) is 0.273. The van der Waals surface area contributed by atoms with Gasteiger partial charge in [0.1, 0.15) is 5.75 Å². The minimum absolute atomic E-state index is 0.114. The van der Waals surface area contributed by atoms with Gasteiger partial charge >= 0.3 is 0 Å². The lowest BCUT2D eigenvalue weighted by Crippen LogP contribution is -2.20. The Bertz CT molecular complexity index is 333. The van der Waals surface area contributed by atoms with Crippen molar-refractivity contribution < 1.29 is 4.74 Å². The summed E-state index contributed by atoms with van der Waals surface area (Å²) < 4.78 is 5.48. The highest BCUT2D eigenvalue weighted by Crippen LogP contribution is 2.31. The predicted octanol–water partition coefficient (Wildman–Crippen LogP) is 2.11. The Kier molecular flexibility index (Phi) is 2.07. The lowest BCUT2D eigenvalue weighted by molar-refractivity contribution is 0.269. The molecule has 13 heavy (non-hydrogen) atoms. The third-order valence-electron chi connectivity index (χ3n) is 2.36. The van der Waals surface area contributed by atoms with Gasteiger partial charge in [0.25, 0.3) is 0 Å². The summed E-state index contributed by atoms with van der Waals surface area (Å²) in [5.41, 5.74) is 8.15. The zero-order valence-corrected chi connectivity index (χ0v) is 7.49. The van der Waals surface area contributed by atoms with Crippen molar-refractivity contribution in [1.82, 2.24) is 0 Å². The number of rotatable bonds is 1. The van der Waals surface area contributed by atoms with Crippen LogP contribution in [0.25, 0.3) is 6.08 Å². The standard InChI is InChI=1S/C11H13NO/c1-2-8-3-4-11-9(7-8)10(12)5-6-13-11/h2-4,7,10H,1,5-6,12H2/t10-/m1/s1. The number of benzene rings is 1. The summed E-state index contributed by atoms with van der Waals surface area (Å²) in [5.74, 6) is 0.921. The van der Waals surface area contributed by atoms with E-state index in [1.165, 1.54) is 0 Å². The Balaban J connectivity index is 2.46. The van der Waals surface area contributed by atoms with Crippen LogP contribution >= 0.6 is 0 Å². The van der Waals surface area contributed by atoms with Gasteiger partial charge in [-0.05, 0) is 17.7 Å². The fourth-order valence-electron chi connectivity index (χ4n) is 1.57. The van der Waals surface area contributed by atoms with Crippen molar-refractivity contribution >= 4 is 6.08 Å². The summed E-state index contributed by atoms with van der Waals surface area (Å²) in [6.07, 6.45) is 2.72.